The highest BCUT2D eigenvalue weighted by molar-refractivity contribution is 6.05. The molecule has 2 N–H and O–H groups in total. The fraction of sp³-hybridized carbons (Fsp3) is 0.300. The molecule has 3 heterocycles. The van der Waals surface area contributed by atoms with E-state index in [2.05, 4.69) is 20.3 Å². The molecule has 0 aliphatic carbocycles. The topological polar surface area (TPSA) is 106 Å². The van der Waals surface area contributed by atoms with Crippen LogP contribution in [0.1, 0.15) is 36.8 Å². The van der Waals surface area contributed by atoms with Gasteiger partial charge >= 0.3 is 5.97 Å². The Kier molecular flexibility index (Phi) is 5.88. The molecule has 0 aliphatic rings. The summed E-state index contributed by atoms with van der Waals surface area (Å²) < 4.78 is 10.8. The molecule has 0 atom stereocenters. The van der Waals surface area contributed by atoms with E-state index in [-0.39, 0.29) is 5.56 Å². The van der Waals surface area contributed by atoms with Crippen LogP contribution in [0.2, 0.25) is 0 Å². The van der Waals surface area contributed by atoms with Gasteiger partial charge in [-0.25, -0.2) is 14.8 Å². The minimum Gasteiger partial charge on any atom is -0.478 e. The van der Waals surface area contributed by atoms with Gasteiger partial charge < -0.3 is 19.9 Å². The highest BCUT2D eigenvalue weighted by atomic mass is 16.5. The van der Waals surface area contributed by atoms with Gasteiger partial charge in [-0.2, -0.15) is 0 Å². The normalized spacial score (nSPS) is 10.7. The first kappa shape index (κ1) is 19.3. The number of aromatic nitrogens is 3. The standard InChI is InChI=1S/C20H22N4O4/c1-4-13-17(20(25)26)19(22-12-7-9-15(21-11-12)27-5-2)18-14(23-13)8-10-16(24-18)28-6-3/h7-11H,4-6H2,1-3H3,(H,22,23)(H,25,26). The number of ether oxygens (including phenoxy) is 2. The third-order valence-electron chi connectivity index (χ3n) is 4.02. The number of aryl methyl sites for hydroxylation is 1. The van der Waals surface area contributed by atoms with Crippen molar-refractivity contribution in [1.82, 2.24) is 15.0 Å². The molecule has 0 aliphatic heterocycles. The van der Waals surface area contributed by atoms with Gasteiger partial charge in [0.25, 0.3) is 0 Å². The van der Waals surface area contributed by atoms with Crippen LogP contribution in [0.15, 0.2) is 30.5 Å². The second kappa shape index (κ2) is 8.51. The summed E-state index contributed by atoms with van der Waals surface area (Å²) in [5.74, 6) is -0.168. The SMILES string of the molecule is CCOc1ccc(Nc2c(C(=O)O)c(CC)nc3ccc(OCC)nc23)cn1. The molecular weight excluding hydrogens is 360 g/mol. The molecule has 0 saturated heterocycles. The lowest BCUT2D eigenvalue weighted by Crippen LogP contribution is -2.11. The monoisotopic (exact) mass is 382 g/mol. The number of rotatable bonds is 8. The van der Waals surface area contributed by atoms with Gasteiger partial charge in [-0.3, -0.25) is 4.98 Å². The van der Waals surface area contributed by atoms with E-state index in [1.54, 1.807) is 30.5 Å². The number of fused-ring (bicyclic) bond motifs is 1. The van der Waals surface area contributed by atoms with E-state index in [0.29, 0.717) is 59.5 Å². The molecule has 0 aromatic carbocycles. The molecule has 28 heavy (non-hydrogen) atoms. The van der Waals surface area contributed by atoms with Crippen molar-refractivity contribution in [3.8, 4) is 11.8 Å². The van der Waals surface area contributed by atoms with Crippen LogP contribution < -0.4 is 14.8 Å². The average Bonchev–Trinajstić information content (AvgIpc) is 2.69. The van der Waals surface area contributed by atoms with Gasteiger partial charge in [0.1, 0.15) is 11.1 Å². The van der Waals surface area contributed by atoms with Crippen molar-refractivity contribution >= 4 is 28.4 Å². The molecule has 0 bridgehead atoms. The van der Waals surface area contributed by atoms with E-state index in [4.69, 9.17) is 9.47 Å². The largest absolute Gasteiger partial charge is 0.478 e. The fourth-order valence-electron chi connectivity index (χ4n) is 2.84. The number of carbonyl (C=O) groups is 1. The molecule has 146 valence electrons. The average molecular weight is 382 g/mol. The van der Waals surface area contributed by atoms with Gasteiger partial charge in [0.15, 0.2) is 0 Å². The first-order chi connectivity index (χ1) is 13.6. The van der Waals surface area contributed by atoms with E-state index in [1.807, 2.05) is 20.8 Å². The van der Waals surface area contributed by atoms with Gasteiger partial charge in [-0.05, 0) is 32.4 Å². The van der Waals surface area contributed by atoms with Crippen molar-refractivity contribution in [1.29, 1.82) is 0 Å². The van der Waals surface area contributed by atoms with Crippen LogP contribution in [0.25, 0.3) is 11.0 Å². The number of nitrogens with zero attached hydrogens (tertiary/aromatic N) is 3. The summed E-state index contributed by atoms with van der Waals surface area (Å²) in [7, 11) is 0. The molecule has 3 rings (SSSR count). The Bertz CT molecular complexity index is 990. The molecule has 0 fully saturated rings. The van der Waals surface area contributed by atoms with Crippen LogP contribution in [0, 0.1) is 0 Å². The molecule has 8 nitrogen and oxygen atoms in total. The Hall–Kier alpha value is -3.42. The first-order valence-electron chi connectivity index (χ1n) is 9.12. The smallest absolute Gasteiger partial charge is 0.339 e. The zero-order valence-electron chi connectivity index (χ0n) is 16.0. The summed E-state index contributed by atoms with van der Waals surface area (Å²) in [6, 6.07) is 6.99. The molecule has 3 aromatic heterocycles. The molecule has 0 saturated carbocycles. The number of aromatic carboxylic acids is 1. The van der Waals surface area contributed by atoms with Crippen molar-refractivity contribution in [3.05, 3.63) is 41.7 Å². The highest BCUT2D eigenvalue weighted by Crippen LogP contribution is 2.32. The Labute approximate surface area is 162 Å². The Morgan fingerprint density at radius 2 is 1.75 bits per heavy atom. The number of pyridine rings is 3. The third kappa shape index (κ3) is 3.95. The quantitative estimate of drug-likeness (QED) is 0.605. The van der Waals surface area contributed by atoms with Gasteiger partial charge in [-0.1, -0.05) is 6.92 Å². The van der Waals surface area contributed by atoms with Crippen molar-refractivity contribution < 1.29 is 19.4 Å². The Morgan fingerprint density at radius 1 is 1.04 bits per heavy atom. The zero-order valence-corrected chi connectivity index (χ0v) is 16.0. The van der Waals surface area contributed by atoms with Crippen LogP contribution >= 0.6 is 0 Å². The second-order valence-corrected chi connectivity index (χ2v) is 5.86. The van der Waals surface area contributed by atoms with E-state index in [0.717, 1.165) is 0 Å². The number of hydrogen-bond donors (Lipinski definition) is 2. The van der Waals surface area contributed by atoms with E-state index >= 15 is 0 Å². The lowest BCUT2D eigenvalue weighted by molar-refractivity contribution is 0.0696. The number of anilines is 2. The summed E-state index contributed by atoms with van der Waals surface area (Å²) in [5.41, 5.74) is 2.56. The molecule has 0 unspecified atom stereocenters. The van der Waals surface area contributed by atoms with Crippen LogP contribution in [-0.4, -0.2) is 39.2 Å². The van der Waals surface area contributed by atoms with Gasteiger partial charge in [0, 0.05) is 12.1 Å². The van der Waals surface area contributed by atoms with E-state index in [1.165, 1.54) is 0 Å². The predicted molar refractivity (Wildman–Crippen MR) is 106 cm³/mol. The predicted octanol–water partition coefficient (Wildman–Crippen LogP) is 3.83. The second-order valence-electron chi connectivity index (χ2n) is 5.86. The first-order valence-corrected chi connectivity index (χ1v) is 9.12. The maximum atomic E-state index is 12.0. The van der Waals surface area contributed by atoms with Crippen molar-refractivity contribution in [2.75, 3.05) is 18.5 Å². The summed E-state index contributed by atoms with van der Waals surface area (Å²) in [6.07, 6.45) is 2.06. The van der Waals surface area contributed by atoms with Gasteiger partial charge in [0.05, 0.1) is 42.0 Å². The minimum absolute atomic E-state index is 0.0880. The minimum atomic E-state index is -1.07. The molecule has 0 spiro atoms. The van der Waals surface area contributed by atoms with E-state index in [9.17, 15) is 9.90 Å². The van der Waals surface area contributed by atoms with Gasteiger partial charge in [-0.15, -0.1) is 0 Å². The number of carboxylic acid groups (broad SMARTS) is 1. The van der Waals surface area contributed by atoms with Crippen LogP contribution in [0.4, 0.5) is 11.4 Å². The fourth-order valence-corrected chi connectivity index (χ4v) is 2.84. The Morgan fingerprint density at radius 3 is 2.36 bits per heavy atom. The van der Waals surface area contributed by atoms with E-state index < -0.39 is 5.97 Å². The van der Waals surface area contributed by atoms with Crippen molar-refractivity contribution in [2.45, 2.75) is 27.2 Å². The Balaban J connectivity index is 2.16. The van der Waals surface area contributed by atoms with Crippen LogP contribution in [0.3, 0.4) is 0 Å². The van der Waals surface area contributed by atoms with Crippen molar-refractivity contribution in [2.24, 2.45) is 0 Å². The molecule has 8 heteroatoms. The molecule has 3 aromatic rings. The lowest BCUT2D eigenvalue weighted by atomic mass is 10.1. The van der Waals surface area contributed by atoms with Crippen molar-refractivity contribution in [3.63, 3.8) is 0 Å². The van der Waals surface area contributed by atoms with Gasteiger partial charge in [0.2, 0.25) is 11.8 Å². The summed E-state index contributed by atoms with van der Waals surface area (Å²) in [5, 5.41) is 13.0. The molecule has 0 amide bonds. The molecule has 0 radical (unpaired) electrons. The lowest BCUT2D eigenvalue weighted by Gasteiger charge is -2.16. The number of hydrogen-bond acceptors (Lipinski definition) is 7. The van der Waals surface area contributed by atoms with Crippen LogP contribution in [-0.2, 0) is 6.42 Å². The third-order valence-corrected chi connectivity index (χ3v) is 4.02. The maximum Gasteiger partial charge on any atom is 0.339 e. The molecular formula is C20H22N4O4. The summed E-state index contributed by atoms with van der Waals surface area (Å²) in [6.45, 7) is 6.57. The number of nitrogens with one attached hydrogen (secondary N) is 1. The number of carboxylic acids is 1. The zero-order chi connectivity index (χ0) is 20.1. The maximum absolute atomic E-state index is 12.0. The van der Waals surface area contributed by atoms with Crippen LogP contribution in [0.5, 0.6) is 11.8 Å². The summed E-state index contributed by atoms with van der Waals surface area (Å²) >= 11 is 0. The summed E-state index contributed by atoms with van der Waals surface area (Å²) in [4.78, 5) is 25.2. The highest BCUT2D eigenvalue weighted by Gasteiger charge is 2.21.